The van der Waals surface area contributed by atoms with Gasteiger partial charge < -0.3 is 4.90 Å². The Morgan fingerprint density at radius 3 is 2.91 bits per heavy atom. The normalized spacial score (nSPS) is 18.0. The van der Waals surface area contributed by atoms with Gasteiger partial charge >= 0.3 is 0 Å². The van der Waals surface area contributed by atoms with Crippen LogP contribution in [0.15, 0.2) is 42.9 Å². The molecule has 3 aromatic rings. The zero-order valence-corrected chi connectivity index (χ0v) is 11.8. The number of para-hydroxylation sites is 2. The Labute approximate surface area is 126 Å². The van der Waals surface area contributed by atoms with Gasteiger partial charge in [-0.15, -0.1) is 5.10 Å². The summed E-state index contributed by atoms with van der Waals surface area (Å²) in [5.41, 5.74) is 1.92. The van der Waals surface area contributed by atoms with Crippen LogP contribution in [-0.2, 0) is 0 Å². The molecule has 0 bridgehead atoms. The molecule has 1 amide bonds. The van der Waals surface area contributed by atoms with E-state index in [9.17, 15) is 4.79 Å². The number of rotatable bonds is 2. The summed E-state index contributed by atoms with van der Waals surface area (Å²) in [6.45, 7) is 1.31. The molecule has 3 heterocycles. The van der Waals surface area contributed by atoms with Crippen molar-refractivity contribution in [3.05, 3.63) is 48.5 Å². The zero-order chi connectivity index (χ0) is 14.9. The number of nitrogens with zero attached hydrogens (tertiary/aromatic N) is 6. The molecule has 0 N–H and O–H groups in total. The lowest BCUT2D eigenvalue weighted by molar-refractivity contribution is 0.0781. The lowest BCUT2D eigenvalue weighted by Gasteiger charge is -2.16. The minimum absolute atomic E-state index is 0.0825. The molecule has 22 heavy (non-hydrogen) atoms. The highest BCUT2D eigenvalue weighted by molar-refractivity contribution is 5.94. The van der Waals surface area contributed by atoms with Crippen LogP contribution < -0.4 is 0 Å². The van der Waals surface area contributed by atoms with Gasteiger partial charge in [-0.25, -0.2) is 9.67 Å². The maximum atomic E-state index is 12.6. The minimum Gasteiger partial charge on any atom is -0.335 e. The van der Waals surface area contributed by atoms with E-state index in [0.717, 1.165) is 17.5 Å². The van der Waals surface area contributed by atoms with Crippen molar-refractivity contribution in [2.45, 2.75) is 12.5 Å². The lowest BCUT2D eigenvalue weighted by Crippen LogP contribution is -2.30. The van der Waals surface area contributed by atoms with E-state index in [2.05, 4.69) is 20.3 Å². The number of carbonyl (C=O) groups excluding carboxylic acids is 1. The molecule has 1 aliphatic heterocycles. The van der Waals surface area contributed by atoms with Crippen molar-refractivity contribution in [2.24, 2.45) is 0 Å². The number of aromatic nitrogens is 5. The number of fused-ring (bicyclic) bond motifs is 1. The quantitative estimate of drug-likeness (QED) is 0.712. The van der Waals surface area contributed by atoms with Crippen LogP contribution in [0.2, 0.25) is 0 Å². The number of benzene rings is 1. The summed E-state index contributed by atoms with van der Waals surface area (Å²) in [6.07, 6.45) is 5.90. The van der Waals surface area contributed by atoms with Gasteiger partial charge in [0, 0.05) is 19.3 Å². The molecular formula is C15H14N6O. The predicted octanol–water partition coefficient (Wildman–Crippen LogP) is 1.31. The number of amides is 1. The van der Waals surface area contributed by atoms with Crippen LogP contribution in [0.1, 0.15) is 23.0 Å². The maximum Gasteiger partial charge on any atom is 0.274 e. The van der Waals surface area contributed by atoms with Crippen LogP contribution in [-0.4, -0.2) is 48.9 Å². The molecule has 0 spiro atoms. The van der Waals surface area contributed by atoms with Gasteiger partial charge in [0.15, 0.2) is 0 Å². The summed E-state index contributed by atoms with van der Waals surface area (Å²) >= 11 is 0. The molecular weight excluding hydrogens is 280 g/mol. The molecule has 1 atom stereocenters. The highest BCUT2D eigenvalue weighted by Gasteiger charge is 2.29. The highest BCUT2D eigenvalue weighted by Crippen LogP contribution is 2.22. The first-order valence-corrected chi connectivity index (χ1v) is 7.18. The van der Waals surface area contributed by atoms with Gasteiger partial charge in [0.05, 0.1) is 29.5 Å². The number of carbonyl (C=O) groups is 1. The molecule has 1 unspecified atom stereocenters. The molecule has 1 aromatic carbocycles. The van der Waals surface area contributed by atoms with E-state index in [-0.39, 0.29) is 11.9 Å². The van der Waals surface area contributed by atoms with E-state index < -0.39 is 0 Å². The molecule has 0 aliphatic carbocycles. The van der Waals surface area contributed by atoms with Gasteiger partial charge in [0.25, 0.3) is 5.91 Å². The largest absolute Gasteiger partial charge is 0.335 e. The van der Waals surface area contributed by atoms with E-state index in [1.165, 1.54) is 0 Å². The van der Waals surface area contributed by atoms with Gasteiger partial charge in [0.2, 0.25) is 0 Å². The Morgan fingerprint density at radius 1 is 1.23 bits per heavy atom. The summed E-state index contributed by atoms with van der Waals surface area (Å²) in [7, 11) is 0. The second-order valence-corrected chi connectivity index (χ2v) is 5.32. The first kappa shape index (κ1) is 12.9. The standard InChI is InChI=1S/C15H14N6O/c22-15(14-9-16-12-3-1-2-4-13(12)18-14)20-7-5-11(10-20)21-8-6-17-19-21/h1-4,6,8-9,11H,5,7,10H2. The molecule has 1 saturated heterocycles. The fraction of sp³-hybridized carbons (Fsp3) is 0.267. The predicted molar refractivity (Wildman–Crippen MR) is 79.1 cm³/mol. The molecule has 4 rings (SSSR count). The Kier molecular flexibility index (Phi) is 3.03. The molecule has 7 nitrogen and oxygen atoms in total. The van der Waals surface area contributed by atoms with Crippen LogP contribution in [0.25, 0.3) is 11.0 Å². The maximum absolute atomic E-state index is 12.6. The molecule has 110 valence electrons. The topological polar surface area (TPSA) is 76.8 Å². The van der Waals surface area contributed by atoms with Crippen LogP contribution in [0.3, 0.4) is 0 Å². The third-order valence-corrected chi connectivity index (χ3v) is 3.93. The number of hydrogen-bond donors (Lipinski definition) is 0. The lowest BCUT2D eigenvalue weighted by atomic mass is 10.3. The molecule has 7 heteroatoms. The average molecular weight is 294 g/mol. The fourth-order valence-electron chi connectivity index (χ4n) is 2.78. The van der Waals surface area contributed by atoms with Gasteiger partial charge in [-0.1, -0.05) is 17.3 Å². The van der Waals surface area contributed by atoms with Crippen LogP contribution in [0, 0.1) is 0 Å². The molecule has 0 radical (unpaired) electrons. The highest BCUT2D eigenvalue weighted by atomic mass is 16.2. The smallest absolute Gasteiger partial charge is 0.274 e. The van der Waals surface area contributed by atoms with Crippen molar-refractivity contribution in [1.82, 2.24) is 29.9 Å². The third-order valence-electron chi connectivity index (χ3n) is 3.93. The van der Waals surface area contributed by atoms with Gasteiger partial charge in [-0.2, -0.15) is 0 Å². The van der Waals surface area contributed by atoms with Crippen molar-refractivity contribution >= 4 is 16.9 Å². The van der Waals surface area contributed by atoms with E-state index in [0.29, 0.717) is 18.8 Å². The van der Waals surface area contributed by atoms with Crippen molar-refractivity contribution in [1.29, 1.82) is 0 Å². The Hall–Kier alpha value is -2.83. The van der Waals surface area contributed by atoms with Crippen molar-refractivity contribution in [3.8, 4) is 0 Å². The van der Waals surface area contributed by atoms with E-state index >= 15 is 0 Å². The van der Waals surface area contributed by atoms with Crippen molar-refractivity contribution in [2.75, 3.05) is 13.1 Å². The monoisotopic (exact) mass is 294 g/mol. The second kappa shape index (κ2) is 5.18. The van der Waals surface area contributed by atoms with Gasteiger partial charge in [0.1, 0.15) is 5.69 Å². The molecule has 1 aliphatic rings. The van der Waals surface area contributed by atoms with Gasteiger partial charge in [-0.05, 0) is 18.6 Å². The number of likely N-dealkylation sites (tertiary alicyclic amines) is 1. The first-order chi connectivity index (χ1) is 10.8. The SMILES string of the molecule is O=C(c1cnc2ccccc2n1)N1CCC(n2ccnn2)C1. The van der Waals surface area contributed by atoms with Gasteiger partial charge in [-0.3, -0.25) is 9.78 Å². The van der Waals surface area contributed by atoms with Crippen LogP contribution >= 0.6 is 0 Å². The Bertz CT molecular complexity index is 816. The molecule has 2 aromatic heterocycles. The summed E-state index contributed by atoms with van der Waals surface area (Å²) in [4.78, 5) is 23.1. The average Bonchev–Trinajstić information content (AvgIpc) is 3.24. The zero-order valence-electron chi connectivity index (χ0n) is 11.8. The first-order valence-electron chi connectivity index (χ1n) is 7.18. The molecule has 1 fully saturated rings. The second-order valence-electron chi connectivity index (χ2n) is 5.32. The van der Waals surface area contributed by atoms with Crippen molar-refractivity contribution in [3.63, 3.8) is 0 Å². The number of hydrogen-bond acceptors (Lipinski definition) is 5. The molecule has 0 saturated carbocycles. The van der Waals surface area contributed by atoms with E-state index in [1.54, 1.807) is 22.0 Å². The summed E-state index contributed by atoms with van der Waals surface area (Å²) in [5.74, 6) is -0.0825. The van der Waals surface area contributed by atoms with E-state index in [1.807, 2.05) is 30.5 Å². The summed E-state index contributed by atoms with van der Waals surface area (Å²) < 4.78 is 1.80. The fourth-order valence-corrected chi connectivity index (χ4v) is 2.78. The van der Waals surface area contributed by atoms with E-state index in [4.69, 9.17) is 0 Å². The Morgan fingerprint density at radius 2 is 2.09 bits per heavy atom. The third kappa shape index (κ3) is 2.20. The summed E-state index contributed by atoms with van der Waals surface area (Å²) in [6, 6.07) is 7.72. The minimum atomic E-state index is -0.0825. The summed E-state index contributed by atoms with van der Waals surface area (Å²) in [5, 5.41) is 7.82. The van der Waals surface area contributed by atoms with Crippen LogP contribution in [0.5, 0.6) is 0 Å². The van der Waals surface area contributed by atoms with Crippen molar-refractivity contribution < 1.29 is 4.79 Å². The van der Waals surface area contributed by atoms with Crippen LogP contribution in [0.4, 0.5) is 0 Å². The Balaban J connectivity index is 1.56.